The second-order valence-corrected chi connectivity index (χ2v) is 15.5. The van der Waals surface area contributed by atoms with Gasteiger partial charge >= 0.3 is 0 Å². The maximum absolute atomic E-state index is 5.17. The van der Waals surface area contributed by atoms with Crippen LogP contribution >= 0.6 is 0 Å². The van der Waals surface area contributed by atoms with E-state index in [0.717, 1.165) is 75.6 Å². The molecule has 1 aromatic rings. The fourth-order valence-electron chi connectivity index (χ4n) is 7.65. The first-order chi connectivity index (χ1) is 18.6. The summed E-state index contributed by atoms with van der Waals surface area (Å²) in [5.41, 5.74) is 0.267. The predicted octanol–water partition coefficient (Wildman–Crippen LogP) is 7.41. The van der Waals surface area contributed by atoms with Crippen LogP contribution in [0, 0.1) is 0 Å². The van der Waals surface area contributed by atoms with Crippen molar-refractivity contribution in [3.8, 4) is 0 Å². The molecule has 0 aromatic carbocycles. The van der Waals surface area contributed by atoms with Crippen molar-refractivity contribution in [3.05, 3.63) is 5.82 Å². The number of hydrogen-bond acceptors (Lipinski definition) is 7. The second-order valence-electron chi connectivity index (χ2n) is 15.5. The second kappa shape index (κ2) is 13.7. The molecule has 3 heterocycles. The third-order valence-corrected chi connectivity index (χ3v) is 8.57. The summed E-state index contributed by atoms with van der Waals surface area (Å²) in [4.78, 5) is 17.9. The summed E-state index contributed by atoms with van der Waals surface area (Å²) in [6.45, 7) is 24.1. The zero-order chi connectivity index (χ0) is 29.6. The molecule has 0 unspecified atom stereocenters. The van der Waals surface area contributed by atoms with Gasteiger partial charge in [0.15, 0.2) is 0 Å². The lowest BCUT2D eigenvalue weighted by molar-refractivity contribution is 0.157. The van der Waals surface area contributed by atoms with Crippen LogP contribution in [0.3, 0.4) is 0 Å². The van der Waals surface area contributed by atoms with E-state index in [1.165, 1.54) is 32.1 Å². The molecular weight excluding hydrogens is 494 g/mol. The molecule has 1 aromatic heterocycles. The van der Waals surface area contributed by atoms with Gasteiger partial charge in [0, 0.05) is 47.2 Å². The first kappa shape index (κ1) is 33.0. The number of piperidine rings is 2. The van der Waals surface area contributed by atoms with E-state index in [0.29, 0.717) is 12.1 Å². The van der Waals surface area contributed by atoms with E-state index in [1.807, 2.05) is 0 Å². The summed E-state index contributed by atoms with van der Waals surface area (Å²) in [6, 6.07) is 0.718. The number of aromatic nitrogens is 3. The van der Waals surface area contributed by atoms with Crippen molar-refractivity contribution in [2.24, 2.45) is 0 Å². The molecule has 3 rings (SSSR count). The van der Waals surface area contributed by atoms with Crippen LogP contribution in [0.2, 0.25) is 0 Å². The molecule has 2 aliphatic heterocycles. The predicted molar refractivity (Wildman–Crippen MR) is 171 cm³/mol. The molecule has 0 radical (unpaired) electrons. The summed E-state index contributed by atoms with van der Waals surface area (Å²) >= 11 is 0. The van der Waals surface area contributed by atoms with E-state index in [-0.39, 0.29) is 22.2 Å². The van der Waals surface area contributed by atoms with Crippen LogP contribution in [0.15, 0.2) is 0 Å². The molecule has 230 valence electrons. The van der Waals surface area contributed by atoms with Crippen LogP contribution in [0.1, 0.15) is 152 Å². The van der Waals surface area contributed by atoms with Crippen molar-refractivity contribution in [3.63, 3.8) is 0 Å². The van der Waals surface area contributed by atoms with E-state index in [2.05, 4.69) is 90.1 Å². The van der Waals surface area contributed by atoms with Crippen molar-refractivity contribution in [2.45, 2.75) is 187 Å². The highest BCUT2D eigenvalue weighted by molar-refractivity contribution is 5.40. The summed E-state index contributed by atoms with van der Waals surface area (Å²) < 4.78 is 0. The normalized spacial score (nSPS) is 22.2. The maximum atomic E-state index is 5.17. The zero-order valence-electron chi connectivity index (χ0n) is 27.8. The molecule has 0 saturated carbocycles. The van der Waals surface area contributed by atoms with Gasteiger partial charge in [-0.2, -0.15) is 15.0 Å². The number of nitrogens with one attached hydrogen (secondary N) is 3. The molecule has 0 aliphatic carbocycles. The highest BCUT2D eigenvalue weighted by Crippen LogP contribution is 2.34. The summed E-state index contributed by atoms with van der Waals surface area (Å²) in [7, 11) is 0. The van der Waals surface area contributed by atoms with E-state index in [9.17, 15) is 0 Å². The maximum Gasteiger partial charge on any atom is 0.230 e. The number of anilines is 2. The minimum absolute atomic E-state index is 0.0655. The molecular formula is C33H63N7. The molecule has 7 heteroatoms. The van der Waals surface area contributed by atoms with E-state index in [4.69, 9.17) is 15.0 Å². The number of nitrogens with zero attached hydrogens (tertiary/aromatic N) is 4. The Balaban J connectivity index is 1.91. The Morgan fingerprint density at radius 2 is 1.20 bits per heavy atom. The molecule has 0 atom stereocenters. The van der Waals surface area contributed by atoms with Crippen molar-refractivity contribution >= 4 is 11.9 Å². The summed E-state index contributed by atoms with van der Waals surface area (Å²) in [5, 5.41) is 11.5. The van der Waals surface area contributed by atoms with Crippen LogP contribution in [0.25, 0.3) is 0 Å². The highest BCUT2D eigenvalue weighted by atomic mass is 15.3. The van der Waals surface area contributed by atoms with Gasteiger partial charge in [0.25, 0.3) is 0 Å². The lowest BCUT2D eigenvalue weighted by atomic mass is 9.79. The van der Waals surface area contributed by atoms with Gasteiger partial charge in [-0.1, -0.05) is 52.4 Å². The lowest BCUT2D eigenvalue weighted by Crippen LogP contribution is -2.62. The first-order valence-electron chi connectivity index (χ1n) is 16.5. The monoisotopic (exact) mass is 558 g/mol. The van der Waals surface area contributed by atoms with Crippen molar-refractivity contribution < 1.29 is 0 Å². The Bertz CT molecular complexity index is 891. The molecule has 0 amide bonds. The van der Waals surface area contributed by atoms with Crippen LogP contribution in [0.5, 0.6) is 0 Å². The van der Waals surface area contributed by atoms with E-state index in [1.54, 1.807) is 0 Å². The van der Waals surface area contributed by atoms with Crippen molar-refractivity contribution in [2.75, 3.05) is 16.8 Å². The van der Waals surface area contributed by atoms with Gasteiger partial charge in [-0.15, -0.1) is 0 Å². The average molecular weight is 558 g/mol. The van der Waals surface area contributed by atoms with Crippen molar-refractivity contribution in [1.29, 1.82) is 0 Å². The smallest absolute Gasteiger partial charge is 0.230 e. The Morgan fingerprint density at radius 1 is 0.675 bits per heavy atom. The topological polar surface area (TPSA) is 78.0 Å². The SMILES string of the molecule is CCCCCCCCc1nc(NC2CC(C)(C)NC(C)(C)C2)nc(N(CCCC)C2CC(C)(C)NC(C)(C)C2)n1. The van der Waals surface area contributed by atoms with Crippen LogP contribution in [0.4, 0.5) is 11.9 Å². The minimum atomic E-state index is 0.0655. The quantitative estimate of drug-likeness (QED) is 0.206. The first-order valence-corrected chi connectivity index (χ1v) is 16.5. The van der Waals surface area contributed by atoms with Gasteiger partial charge in [0.1, 0.15) is 5.82 Å². The van der Waals surface area contributed by atoms with E-state index >= 15 is 0 Å². The van der Waals surface area contributed by atoms with Gasteiger partial charge in [0.2, 0.25) is 11.9 Å². The lowest BCUT2D eigenvalue weighted by Gasteiger charge is -2.49. The largest absolute Gasteiger partial charge is 0.351 e. The fraction of sp³-hybridized carbons (Fsp3) is 0.909. The van der Waals surface area contributed by atoms with Gasteiger partial charge < -0.3 is 20.9 Å². The number of hydrogen-bond donors (Lipinski definition) is 3. The molecule has 40 heavy (non-hydrogen) atoms. The third-order valence-electron chi connectivity index (χ3n) is 8.57. The minimum Gasteiger partial charge on any atom is -0.351 e. The summed E-state index contributed by atoms with van der Waals surface area (Å²) in [5.74, 6) is 2.58. The molecule has 2 fully saturated rings. The van der Waals surface area contributed by atoms with Crippen molar-refractivity contribution in [1.82, 2.24) is 25.6 Å². The van der Waals surface area contributed by atoms with Gasteiger partial charge in [-0.25, -0.2) is 0 Å². The Labute approximate surface area is 246 Å². The number of rotatable bonds is 14. The molecule has 2 saturated heterocycles. The Hall–Kier alpha value is -1.47. The highest BCUT2D eigenvalue weighted by Gasteiger charge is 2.41. The van der Waals surface area contributed by atoms with Gasteiger partial charge in [-0.3, -0.25) is 0 Å². The molecule has 0 bridgehead atoms. The average Bonchev–Trinajstić information content (AvgIpc) is 2.77. The molecule has 7 nitrogen and oxygen atoms in total. The van der Waals surface area contributed by atoms with Crippen LogP contribution < -0.4 is 20.9 Å². The summed E-state index contributed by atoms with van der Waals surface area (Å²) in [6.07, 6.45) is 15.1. The Morgan fingerprint density at radius 3 is 1.77 bits per heavy atom. The van der Waals surface area contributed by atoms with Crippen LogP contribution in [-0.2, 0) is 6.42 Å². The standard InChI is InChI=1S/C33H63N7/c1-11-13-15-16-17-18-19-27-35-28(34-25-21-30(3,4)38-31(5,6)22-25)37-29(36-27)40(20-14-12-2)26-23-32(7,8)39-33(9,10)24-26/h25-26,38-39H,11-24H2,1-10H3,(H,34,35,36,37). The number of unbranched alkanes of at least 4 members (excludes halogenated alkanes) is 6. The van der Waals surface area contributed by atoms with Gasteiger partial charge in [0.05, 0.1) is 0 Å². The fourth-order valence-corrected chi connectivity index (χ4v) is 7.65. The Kier molecular flexibility index (Phi) is 11.3. The number of aryl methyl sites for hydroxylation is 1. The molecule has 0 spiro atoms. The zero-order valence-corrected chi connectivity index (χ0v) is 27.8. The third kappa shape index (κ3) is 10.4. The van der Waals surface area contributed by atoms with Crippen LogP contribution in [-0.4, -0.2) is 55.7 Å². The molecule has 3 N–H and O–H groups in total. The van der Waals surface area contributed by atoms with Gasteiger partial charge in [-0.05, 0) is 93.9 Å². The molecule has 2 aliphatic rings. The van der Waals surface area contributed by atoms with E-state index < -0.39 is 0 Å².